The number of phenolic OH excluding ortho intramolecular Hbond substituents is 1. The zero-order chi connectivity index (χ0) is 26.3. The zero-order valence-corrected chi connectivity index (χ0v) is 22.0. The highest BCUT2D eigenvalue weighted by Crippen LogP contribution is 2.32. The van der Waals surface area contributed by atoms with Crippen LogP contribution in [0.1, 0.15) is 56.3 Å². The predicted molar refractivity (Wildman–Crippen MR) is 147 cm³/mol. The van der Waals surface area contributed by atoms with Crippen LogP contribution < -0.4 is 14.9 Å². The maximum absolute atomic E-state index is 13.9. The largest absolute Gasteiger partial charge is 0.507 e. The number of esters is 1. The number of allylic oxidation sites excluding steroid dienone is 1. The molecule has 0 radical (unpaired) electrons. The number of carbonyl (C=O) groups is 1. The SMILES string of the molecule is CCOC(=O)C1=C(C)N=c2s/c(=C\c3c(O)ccc4ccccc34)c(=O)n2[C@@H]1c1ccc(C(C)C)cc1. The van der Waals surface area contributed by atoms with Gasteiger partial charge in [0, 0.05) is 5.56 Å². The molecule has 1 aliphatic heterocycles. The van der Waals surface area contributed by atoms with E-state index >= 15 is 0 Å². The third-order valence-corrected chi connectivity index (χ3v) is 7.64. The van der Waals surface area contributed by atoms with Gasteiger partial charge in [-0.3, -0.25) is 9.36 Å². The summed E-state index contributed by atoms with van der Waals surface area (Å²) in [4.78, 5) is 32.1. The van der Waals surface area contributed by atoms with E-state index in [0.717, 1.165) is 16.3 Å². The van der Waals surface area contributed by atoms with Crippen LogP contribution in [0.3, 0.4) is 0 Å². The van der Waals surface area contributed by atoms with Gasteiger partial charge in [0.25, 0.3) is 5.56 Å². The van der Waals surface area contributed by atoms with Crippen LogP contribution in [0, 0.1) is 0 Å². The monoisotopic (exact) mass is 512 g/mol. The zero-order valence-electron chi connectivity index (χ0n) is 21.2. The Bertz CT molecular complexity index is 1730. The summed E-state index contributed by atoms with van der Waals surface area (Å²) in [5, 5.41) is 12.5. The molecule has 0 unspecified atom stereocenters. The number of ether oxygens (including phenoxy) is 1. The molecule has 0 aliphatic carbocycles. The number of carbonyl (C=O) groups excluding carboxylic acids is 1. The van der Waals surface area contributed by atoms with E-state index in [0.29, 0.717) is 32.1 Å². The lowest BCUT2D eigenvalue weighted by molar-refractivity contribution is -0.139. The lowest BCUT2D eigenvalue weighted by Crippen LogP contribution is -2.39. The van der Waals surface area contributed by atoms with Crippen molar-refractivity contribution in [2.75, 3.05) is 6.61 Å². The van der Waals surface area contributed by atoms with Gasteiger partial charge < -0.3 is 9.84 Å². The Morgan fingerprint density at radius 3 is 2.57 bits per heavy atom. The van der Waals surface area contributed by atoms with Crippen LogP contribution in [0.25, 0.3) is 16.8 Å². The molecule has 3 aromatic carbocycles. The Morgan fingerprint density at radius 1 is 1.14 bits per heavy atom. The number of aromatic hydroxyl groups is 1. The Morgan fingerprint density at radius 2 is 1.86 bits per heavy atom. The number of hydrogen-bond acceptors (Lipinski definition) is 6. The van der Waals surface area contributed by atoms with Crippen molar-refractivity contribution in [1.29, 1.82) is 0 Å². The summed E-state index contributed by atoms with van der Waals surface area (Å²) in [5.41, 5.74) is 3.15. The van der Waals surface area contributed by atoms with Gasteiger partial charge in [-0.05, 0) is 53.8 Å². The molecule has 6 nitrogen and oxygen atoms in total. The molecular formula is C30H28N2O4S. The van der Waals surface area contributed by atoms with E-state index in [9.17, 15) is 14.7 Å². The molecule has 0 spiro atoms. The van der Waals surface area contributed by atoms with Crippen LogP contribution in [0.15, 0.2) is 81.7 Å². The molecule has 2 heterocycles. The maximum atomic E-state index is 13.9. The first kappa shape index (κ1) is 24.7. The second kappa shape index (κ2) is 9.82. The van der Waals surface area contributed by atoms with Gasteiger partial charge in [-0.25, -0.2) is 9.79 Å². The van der Waals surface area contributed by atoms with Crippen molar-refractivity contribution in [3.05, 3.63) is 108 Å². The van der Waals surface area contributed by atoms with E-state index in [-0.39, 0.29) is 17.9 Å². The summed E-state index contributed by atoms with van der Waals surface area (Å²) >= 11 is 1.24. The summed E-state index contributed by atoms with van der Waals surface area (Å²) in [6.45, 7) is 7.99. The molecular weight excluding hydrogens is 484 g/mol. The first-order valence-electron chi connectivity index (χ1n) is 12.3. The summed E-state index contributed by atoms with van der Waals surface area (Å²) in [7, 11) is 0. The van der Waals surface area contributed by atoms with Gasteiger partial charge in [-0.1, -0.05) is 79.8 Å². The second-order valence-electron chi connectivity index (χ2n) is 9.34. The average molecular weight is 513 g/mol. The average Bonchev–Trinajstić information content (AvgIpc) is 3.19. The van der Waals surface area contributed by atoms with Crippen LogP contribution in [-0.2, 0) is 9.53 Å². The van der Waals surface area contributed by atoms with E-state index in [1.54, 1.807) is 30.6 Å². The van der Waals surface area contributed by atoms with Gasteiger partial charge in [0.2, 0.25) is 0 Å². The van der Waals surface area contributed by atoms with Crippen LogP contribution in [0.5, 0.6) is 5.75 Å². The maximum Gasteiger partial charge on any atom is 0.338 e. The second-order valence-corrected chi connectivity index (χ2v) is 10.4. The van der Waals surface area contributed by atoms with Gasteiger partial charge in [0.05, 0.1) is 28.5 Å². The third-order valence-electron chi connectivity index (χ3n) is 6.66. The number of benzene rings is 3. The molecule has 188 valence electrons. The fourth-order valence-corrected chi connectivity index (χ4v) is 5.77. The molecule has 0 fully saturated rings. The smallest absolute Gasteiger partial charge is 0.338 e. The standard InChI is InChI=1S/C30H28N2O4S/c1-5-36-29(35)26-18(4)31-30-32(27(26)21-12-10-19(11-13-21)17(2)3)28(34)25(37-30)16-23-22-9-7-6-8-20(22)14-15-24(23)33/h6-17,27,33H,5H2,1-4H3/b25-16-/t27-/m1/s1. The van der Waals surface area contributed by atoms with E-state index in [1.807, 2.05) is 54.6 Å². The van der Waals surface area contributed by atoms with E-state index in [4.69, 9.17) is 4.74 Å². The summed E-state index contributed by atoms with van der Waals surface area (Å²) in [6.07, 6.45) is 1.71. The van der Waals surface area contributed by atoms with Gasteiger partial charge in [0.15, 0.2) is 4.80 Å². The highest BCUT2D eigenvalue weighted by Gasteiger charge is 2.33. The molecule has 4 aromatic rings. The number of aromatic nitrogens is 1. The van der Waals surface area contributed by atoms with Gasteiger partial charge in [-0.2, -0.15) is 0 Å². The van der Waals surface area contributed by atoms with E-state index < -0.39 is 12.0 Å². The lowest BCUT2D eigenvalue weighted by Gasteiger charge is -2.25. The molecule has 0 bridgehead atoms. The first-order chi connectivity index (χ1) is 17.8. The predicted octanol–water partition coefficient (Wildman–Crippen LogP) is 4.78. The van der Waals surface area contributed by atoms with Crippen LogP contribution >= 0.6 is 11.3 Å². The van der Waals surface area contributed by atoms with Crippen molar-refractivity contribution >= 4 is 34.2 Å². The Balaban J connectivity index is 1.75. The number of fused-ring (bicyclic) bond motifs is 2. The van der Waals surface area contributed by atoms with Crippen molar-refractivity contribution in [3.63, 3.8) is 0 Å². The molecule has 0 saturated heterocycles. The van der Waals surface area contributed by atoms with Crippen molar-refractivity contribution in [1.82, 2.24) is 4.57 Å². The van der Waals surface area contributed by atoms with Crippen molar-refractivity contribution in [3.8, 4) is 5.75 Å². The quantitative estimate of drug-likeness (QED) is 0.390. The normalized spacial score (nSPS) is 15.7. The topological polar surface area (TPSA) is 80.9 Å². The highest BCUT2D eigenvalue weighted by atomic mass is 32.1. The summed E-state index contributed by atoms with van der Waals surface area (Å²) in [5.74, 6) is -0.0392. The van der Waals surface area contributed by atoms with Crippen molar-refractivity contribution in [2.24, 2.45) is 4.99 Å². The van der Waals surface area contributed by atoms with E-state index in [1.165, 1.54) is 16.9 Å². The Hall–Kier alpha value is -3.97. The number of phenols is 1. The van der Waals surface area contributed by atoms with Gasteiger partial charge in [-0.15, -0.1) is 0 Å². The molecule has 0 amide bonds. The molecule has 1 atom stereocenters. The summed E-state index contributed by atoms with van der Waals surface area (Å²) in [6, 6.07) is 18.5. The number of nitrogens with zero attached hydrogens (tertiary/aromatic N) is 2. The third kappa shape index (κ3) is 4.40. The molecule has 1 aliphatic rings. The fourth-order valence-electron chi connectivity index (χ4n) is 4.74. The molecule has 1 aromatic heterocycles. The minimum Gasteiger partial charge on any atom is -0.507 e. The first-order valence-corrected chi connectivity index (χ1v) is 13.1. The number of thiazole rings is 1. The van der Waals surface area contributed by atoms with Crippen LogP contribution in [0.2, 0.25) is 0 Å². The number of rotatable bonds is 5. The van der Waals surface area contributed by atoms with Gasteiger partial charge in [0.1, 0.15) is 5.75 Å². The van der Waals surface area contributed by atoms with Gasteiger partial charge >= 0.3 is 5.97 Å². The van der Waals surface area contributed by atoms with Crippen molar-refractivity contribution < 1.29 is 14.6 Å². The molecule has 0 saturated carbocycles. The minimum atomic E-state index is -0.667. The fraction of sp³-hybridized carbons (Fsp3) is 0.233. The molecule has 37 heavy (non-hydrogen) atoms. The lowest BCUT2D eigenvalue weighted by atomic mass is 9.93. The number of hydrogen-bond donors (Lipinski definition) is 1. The highest BCUT2D eigenvalue weighted by molar-refractivity contribution is 7.07. The van der Waals surface area contributed by atoms with Crippen LogP contribution in [-0.4, -0.2) is 22.2 Å². The minimum absolute atomic E-state index is 0.0914. The molecule has 1 N–H and O–H groups in total. The molecule has 5 rings (SSSR count). The van der Waals surface area contributed by atoms with Crippen molar-refractivity contribution in [2.45, 2.75) is 39.7 Å². The Kier molecular flexibility index (Phi) is 6.56. The van der Waals surface area contributed by atoms with Crippen LogP contribution in [0.4, 0.5) is 0 Å². The van der Waals surface area contributed by atoms with E-state index in [2.05, 4.69) is 18.8 Å². The summed E-state index contributed by atoms with van der Waals surface area (Å²) < 4.78 is 7.37. The molecule has 7 heteroatoms. The Labute approximate surface area is 218 Å².